The lowest BCUT2D eigenvalue weighted by molar-refractivity contribution is 0.0687. The first-order valence-electron chi connectivity index (χ1n) is 7.23. The van der Waals surface area contributed by atoms with E-state index < -0.39 is 5.97 Å². The number of aromatic hydroxyl groups is 1. The highest BCUT2D eigenvalue weighted by molar-refractivity contribution is 5.93. The van der Waals surface area contributed by atoms with Crippen molar-refractivity contribution in [2.75, 3.05) is 0 Å². The molecular formula is C16H24O4. The van der Waals surface area contributed by atoms with Gasteiger partial charge in [0.15, 0.2) is 0 Å². The van der Waals surface area contributed by atoms with Gasteiger partial charge in [-0.1, -0.05) is 26.7 Å². The summed E-state index contributed by atoms with van der Waals surface area (Å²) in [5.41, 5.74) is 0.646. The predicted molar refractivity (Wildman–Crippen MR) is 78.7 cm³/mol. The van der Waals surface area contributed by atoms with Crippen molar-refractivity contribution in [1.82, 2.24) is 0 Å². The molecule has 0 saturated heterocycles. The van der Waals surface area contributed by atoms with Gasteiger partial charge in [-0.2, -0.15) is 0 Å². The summed E-state index contributed by atoms with van der Waals surface area (Å²) in [6.45, 7) is 5.82. The van der Waals surface area contributed by atoms with E-state index in [4.69, 9.17) is 4.74 Å². The molecule has 0 bridgehead atoms. The molecule has 1 aromatic carbocycles. The molecule has 0 amide bonds. The van der Waals surface area contributed by atoms with Gasteiger partial charge in [0.05, 0.1) is 6.10 Å². The van der Waals surface area contributed by atoms with Crippen LogP contribution in [0.2, 0.25) is 0 Å². The van der Waals surface area contributed by atoms with Crippen molar-refractivity contribution < 1.29 is 19.7 Å². The van der Waals surface area contributed by atoms with Crippen molar-refractivity contribution in [3.8, 4) is 11.5 Å². The average molecular weight is 280 g/mol. The zero-order valence-electron chi connectivity index (χ0n) is 12.5. The Balaban J connectivity index is 2.91. The van der Waals surface area contributed by atoms with Crippen molar-refractivity contribution in [3.63, 3.8) is 0 Å². The van der Waals surface area contributed by atoms with E-state index in [1.807, 2.05) is 6.92 Å². The Morgan fingerprint density at radius 2 is 2.00 bits per heavy atom. The molecule has 0 aliphatic heterocycles. The molecule has 0 spiro atoms. The molecule has 112 valence electrons. The summed E-state index contributed by atoms with van der Waals surface area (Å²) in [5, 5.41) is 18.9. The first-order valence-corrected chi connectivity index (χ1v) is 7.23. The van der Waals surface area contributed by atoms with E-state index in [2.05, 4.69) is 6.92 Å². The Labute approximate surface area is 120 Å². The van der Waals surface area contributed by atoms with E-state index in [1.165, 1.54) is 12.1 Å². The Bertz CT molecular complexity index is 454. The average Bonchev–Trinajstić information content (AvgIpc) is 2.36. The van der Waals surface area contributed by atoms with Crippen LogP contribution in [-0.4, -0.2) is 22.3 Å². The summed E-state index contributed by atoms with van der Waals surface area (Å²) in [6, 6.07) is 2.83. The molecule has 4 heteroatoms. The third kappa shape index (κ3) is 4.44. The van der Waals surface area contributed by atoms with Crippen molar-refractivity contribution in [1.29, 1.82) is 0 Å². The number of phenols is 1. The van der Waals surface area contributed by atoms with Crippen LogP contribution in [0.25, 0.3) is 0 Å². The quantitative estimate of drug-likeness (QED) is 0.702. The van der Waals surface area contributed by atoms with Gasteiger partial charge in [0.25, 0.3) is 0 Å². The topological polar surface area (TPSA) is 66.8 Å². The summed E-state index contributed by atoms with van der Waals surface area (Å²) < 4.78 is 5.82. The Kier molecular flexibility index (Phi) is 6.36. The summed E-state index contributed by atoms with van der Waals surface area (Å²) in [6.07, 6.45) is 5.05. The second-order valence-electron chi connectivity index (χ2n) is 5.08. The second kappa shape index (κ2) is 7.78. The van der Waals surface area contributed by atoms with Crippen molar-refractivity contribution in [2.24, 2.45) is 0 Å². The molecule has 0 saturated carbocycles. The zero-order chi connectivity index (χ0) is 15.1. The number of carboxylic acids is 1. The molecule has 0 aliphatic carbocycles. The van der Waals surface area contributed by atoms with Crippen LogP contribution in [0.15, 0.2) is 12.1 Å². The number of aryl methyl sites for hydroxylation is 1. The number of ether oxygens (including phenoxy) is 1. The highest BCUT2D eigenvalue weighted by atomic mass is 16.5. The molecule has 1 atom stereocenters. The van der Waals surface area contributed by atoms with E-state index in [9.17, 15) is 15.0 Å². The maximum Gasteiger partial charge on any atom is 0.339 e. The monoisotopic (exact) mass is 280 g/mol. The zero-order valence-corrected chi connectivity index (χ0v) is 12.5. The molecule has 0 radical (unpaired) electrons. The number of carboxylic acid groups (broad SMARTS) is 1. The van der Waals surface area contributed by atoms with E-state index in [-0.39, 0.29) is 23.2 Å². The number of carbonyl (C=O) groups is 1. The number of rotatable bonds is 8. The van der Waals surface area contributed by atoms with Crippen molar-refractivity contribution >= 4 is 5.97 Å². The fourth-order valence-electron chi connectivity index (χ4n) is 2.25. The third-order valence-electron chi connectivity index (χ3n) is 3.38. The fourth-order valence-corrected chi connectivity index (χ4v) is 2.25. The van der Waals surface area contributed by atoms with Gasteiger partial charge in [0.2, 0.25) is 0 Å². The molecule has 1 aromatic rings. The molecule has 0 heterocycles. The Morgan fingerprint density at radius 1 is 1.30 bits per heavy atom. The molecule has 0 aliphatic rings. The third-order valence-corrected chi connectivity index (χ3v) is 3.38. The highest BCUT2D eigenvalue weighted by Crippen LogP contribution is 2.30. The van der Waals surface area contributed by atoms with Crippen LogP contribution in [0, 0.1) is 6.92 Å². The van der Waals surface area contributed by atoms with Crippen molar-refractivity contribution in [2.45, 2.75) is 59.0 Å². The molecular weight excluding hydrogens is 256 g/mol. The van der Waals surface area contributed by atoms with Crippen LogP contribution in [0.5, 0.6) is 11.5 Å². The first kappa shape index (κ1) is 16.3. The summed E-state index contributed by atoms with van der Waals surface area (Å²) in [4.78, 5) is 11.3. The number of phenolic OH excluding ortho intramolecular Hbond substituents is 1. The SMILES string of the molecule is CCCCCC(CC)Oc1cc(O)cc(C)c1C(=O)O. The molecule has 2 N–H and O–H groups in total. The number of unbranched alkanes of at least 4 members (excludes halogenated alkanes) is 2. The maximum atomic E-state index is 11.3. The van der Waals surface area contributed by atoms with E-state index >= 15 is 0 Å². The van der Waals surface area contributed by atoms with Gasteiger partial charge < -0.3 is 14.9 Å². The predicted octanol–water partition coefficient (Wildman–Crippen LogP) is 4.14. The van der Waals surface area contributed by atoms with Gasteiger partial charge in [0.1, 0.15) is 17.1 Å². The van der Waals surface area contributed by atoms with E-state index in [1.54, 1.807) is 6.92 Å². The van der Waals surface area contributed by atoms with Gasteiger partial charge in [-0.25, -0.2) is 4.79 Å². The molecule has 0 fully saturated rings. The molecule has 1 rings (SSSR count). The maximum absolute atomic E-state index is 11.3. The van der Waals surface area contributed by atoms with Crippen LogP contribution in [0.3, 0.4) is 0 Å². The van der Waals surface area contributed by atoms with Crippen LogP contribution in [-0.2, 0) is 0 Å². The molecule has 4 nitrogen and oxygen atoms in total. The van der Waals surface area contributed by atoms with Gasteiger partial charge in [0, 0.05) is 6.07 Å². The highest BCUT2D eigenvalue weighted by Gasteiger charge is 2.19. The van der Waals surface area contributed by atoms with Crippen LogP contribution in [0.4, 0.5) is 0 Å². The number of aromatic carboxylic acids is 1. The number of hydrogen-bond acceptors (Lipinski definition) is 3. The Morgan fingerprint density at radius 3 is 2.55 bits per heavy atom. The van der Waals surface area contributed by atoms with Gasteiger partial charge >= 0.3 is 5.97 Å². The minimum Gasteiger partial charge on any atom is -0.508 e. The summed E-state index contributed by atoms with van der Waals surface area (Å²) in [5.74, 6) is -0.731. The van der Waals surface area contributed by atoms with Crippen molar-refractivity contribution in [3.05, 3.63) is 23.3 Å². The van der Waals surface area contributed by atoms with Crippen LogP contribution in [0.1, 0.15) is 61.9 Å². The smallest absolute Gasteiger partial charge is 0.339 e. The lowest BCUT2D eigenvalue weighted by Crippen LogP contribution is -2.17. The standard InChI is InChI=1S/C16H24O4/c1-4-6-7-8-13(5-2)20-14-10-12(17)9-11(3)15(14)16(18)19/h9-10,13,17H,4-8H2,1-3H3,(H,18,19). The van der Waals surface area contributed by atoms with E-state index in [0.717, 1.165) is 32.1 Å². The molecule has 0 aromatic heterocycles. The fraction of sp³-hybridized carbons (Fsp3) is 0.562. The number of benzene rings is 1. The van der Waals surface area contributed by atoms with Gasteiger partial charge in [-0.15, -0.1) is 0 Å². The summed E-state index contributed by atoms with van der Waals surface area (Å²) >= 11 is 0. The van der Waals surface area contributed by atoms with E-state index in [0.29, 0.717) is 5.56 Å². The summed E-state index contributed by atoms with van der Waals surface area (Å²) in [7, 11) is 0. The molecule has 1 unspecified atom stereocenters. The lowest BCUT2D eigenvalue weighted by atomic mass is 10.1. The lowest BCUT2D eigenvalue weighted by Gasteiger charge is -2.20. The largest absolute Gasteiger partial charge is 0.508 e. The molecule has 20 heavy (non-hydrogen) atoms. The van der Waals surface area contributed by atoms with Crippen LogP contribution < -0.4 is 4.74 Å². The number of hydrogen-bond donors (Lipinski definition) is 2. The van der Waals surface area contributed by atoms with Gasteiger partial charge in [-0.05, 0) is 37.8 Å². The second-order valence-corrected chi connectivity index (χ2v) is 5.08. The minimum absolute atomic E-state index is 0.0131. The van der Waals surface area contributed by atoms with Crippen LogP contribution >= 0.6 is 0 Å². The Hall–Kier alpha value is -1.71. The first-order chi connectivity index (χ1) is 9.49. The minimum atomic E-state index is -1.03. The normalized spacial score (nSPS) is 12.2. The van der Waals surface area contributed by atoms with Gasteiger partial charge in [-0.3, -0.25) is 0 Å².